The number of nitrogens with zero attached hydrogens (tertiary/aromatic N) is 7. The molecule has 0 unspecified atom stereocenters. The van der Waals surface area contributed by atoms with Crippen LogP contribution in [0, 0.1) is 79.3 Å². The number of halogens is 6. The summed E-state index contributed by atoms with van der Waals surface area (Å²) in [4.78, 5) is 0. The van der Waals surface area contributed by atoms with Gasteiger partial charge in [0.15, 0.2) is 0 Å². The van der Waals surface area contributed by atoms with Crippen LogP contribution < -0.4 is 10.4 Å². The molecule has 0 aliphatic rings. The SMILES string of the molecule is N#CC(C#N)=c1cc(C#N)c(=C(C#N)c2c(C(F)(F)F)cc(C#N)c(C(F)(F)F)c2C#N)c(C#N)c1. The van der Waals surface area contributed by atoms with E-state index >= 15 is 0 Å². The molecule has 172 valence electrons. The van der Waals surface area contributed by atoms with Gasteiger partial charge in [0, 0.05) is 16.0 Å². The lowest BCUT2D eigenvalue weighted by molar-refractivity contribution is -0.141. The van der Waals surface area contributed by atoms with E-state index in [1.54, 1.807) is 0 Å². The highest BCUT2D eigenvalue weighted by molar-refractivity contribution is 5.86. The van der Waals surface area contributed by atoms with Crippen LogP contribution in [0.5, 0.6) is 0 Å². The Labute approximate surface area is 197 Å². The van der Waals surface area contributed by atoms with Gasteiger partial charge in [0.1, 0.15) is 29.8 Å². The lowest BCUT2D eigenvalue weighted by Crippen LogP contribution is -2.25. The predicted molar refractivity (Wildman–Crippen MR) is 104 cm³/mol. The van der Waals surface area contributed by atoms with Crippen molar-refractivity contribution >= 4 is 11.1 Å². The van der Waals surface area contributed by atoms with Crippen molar-refractivity contribution in [1.82, 2.24) is 0 Å². The molecule has 0 N–H and O–H groups in total. The van der Waals surface area contributed by atoms with E-state index in [1.165, 1.54) is 30.3 Å². The monoisotopic (exact) mass is 491 g/mol. The Balaban J connectivity index is 3.51. The van der Waals surface area contributed by atoms with E-state index in [2.05, 4.69) is 0 Å². The van der Waals surface area contributed by atoms with E-state index in [4.69, 9.17) is 15.8 Å². The third-order valence-corrected chi connectivity index (χ3v) is 4.65. The molecule has 0 spiro atoms. The van der Waals surface area contributed by atoms with E-state index in [0.717, 1.165) is 24.3 Å². The Kier molecular flexibility index (Phi) is 7.04. The largest absolute Gasteiger partial charge is 0.418 e. The number of hydrogen-bond acceptors (Lipinski definition) is 7. The second kappa shape index (κ2) is 9.59. The first-order valence-electron chi connectivity index (χ1n) is 8.93. The van der Waals surface area contributed by atoms with Crippen LogP contribution in [-0.2, 0) is 12.4 Å². The molecule has 2 aromatic carbocycles. The van der Waals surface area contributed by atoms with Crippen LogP contribution in [0.1, 0.15) is 38.9 Å². The van der Waals surface area contributed by atoms with Crippen LogP contribution in [0.4, 0.5) is 26.3 Å². The minimum Gasteiger partial charge on any atom is -0.192 e. The molecular weight excluding hydrogens is 488 g/mol. The topological polar surface area (TPSA) is 167 Å². The Morgan fingerprint density at radius 2 is 1.11 bits per heavy atom. The Bertz CT molecular complexity index is 1670. The maximum Gasteiger partial charge on any atom is 0.418 e. The minimum absolute atomic E-state index is 0.181. The van der Waals surface area contributed by atoms with E-state index in [0.29, 0.717) is 0 Å². The summed E-state index contributed by atoms with van der Waals surface area (Å²) in [5.74, 6) is 0. The van der Waals surface area contributed by atoms with Gasteiger partial charge in [-0.05, 0) is 18.2 Å². The number of nitriles is 7. The second-order valence-corrected chi connectivity index (χ2v) is 6.57. The number of hydrogen-bond donors (Lipinski definition) is 0. The zero-order valence-corrected chi connectivity index (χ0v) is 17.1. The van der Waals surface area contributed by atoms with E-state index in [9.17, 15) is 47.4 Å². The molecular formula is C23H3F6N7. The van der Waals surface area contributed by atoms with Crippen LogP contribution in [0.3, 0.4) is 0 Å². The lowest BCUT2D eigenvalue weighted by atomic mass is 9.85. The fraction of sp³-hybridized carbons (Fsp3) is 0.0870. The highest BCUT2D eigenvalue weighted by Crippen LogP contribution is 2.43. The molecule has 0 aliphatic carbocycles. The second-order valence-electron chi connectivity index (χ2n) is 6.57. The molecule has 0 saturated carbocycles. The summed E-state index contributed by atoms with van der Waals surface area (Å²) in [6.45, 7) is 0. The van der Waals surface area contributed by atoms with E-state index in [1.807, 2.05) is 0 Å². The van der Waals surface area contributed by atoms with Crippen molar-refractivity contribution in [3.8, 4) is 42.5 Å². The summed E-state index contributed by atoms with van der Waals surface area (Å²) >= 11 is 0. The Morgan fingerprint density at radius 1 is 0.611 bits per heavy atom. The number of benzene rings is 2. The lowest BCUT2D eigenvalue weighted by Gasteiger charge is -2.19. The summed E-state index contributed by atoms with van der Waals surface area (Å²) in [7, 11) is 0. The van der Waals surface area contributed by atoms with Crippen molar-refractivity contribution in [3.63, 3.8) is 0 Å². The van der Waals surface area contributed by atoms with Gasteiger partial charge in [0.25, 0.3) is 0 Å². The normalized spacial score (nSPS) is 10.3. The van der Waals surface area contributed by atoms with Gasteiger partial charge in [-0.15, -0.1) is 0 Å². The zero-order valence-electron chi connectivity index (χ0n) is 17.1. The summed E-state index contributed by atoms with van der Waals surface area (Å²) in [5.41, 5.74) is -12.2. The average Bonchev–Trinajstić information content (AvgIpc) is 2.83. The molecule has 2 rings (SSSR count). The average molecular weight is 491 g/mol. The summed E-state index contributed by atoms with van der Waals surface area (Å²) in [6, 6.07) is 10.4. The quantitative estimate of drug-likeness (QED) is 0.552. The van der Waals surface area contributed by atoms with Gasteiger partial charge in [0.05, 0.1) is 57.2 Å². The first-order valence-corrected chi connectivity index (χ1v) is 8.93. The van der Waals surface area contributed by atoms with E-state index in [-0.39, 0.29) is 11.3 Å². The first kappa shape index (κ1) is 26.4. The maximum absolute atomic E-state index is 13.9. The van der Waals surface area contributed by atoms with Crippen molar-refractivity contribution in [2.45, 2.75) is 12.4 Å². The maximum atomic E-state index is 13.9. The molecule has 0 bridgehead atoms. The molecule has 0 heterocycles. The Hall–Kier alpha value is -5.81. The first-order chi connectivity index (χ1) is 16.8. The third kappa shape index (κ3) is 4.48. The van der Waals surface area contributed by atoms with Crippen LogP contribution in [0.25, 0.3) is 11.1 Å². The van der Waals surface area contributed by atoms with Gasteiger partial charge in [-0.2, -0.15) is 63.2 Å². The fourth-order valence-corrected chi connectivity index (χ4v) is 3.28. The molecule has 0 amide bonds. The van der Waals surface area contributed by atoms with Gasteiger partial charge in [-0.25, -0.2) is 0 Å². The predicted octanol–water partition coefficient (Wildman–Crippen LogP) is 3.13. The third-order valence-electron chi connectivity index (χ3n) is 4.65. The van der Waals surface area contributed by atoms with E-state index < -0.39 is 67.7 Å². The van der Waals surface area contributed by atoms with Crippen molar-refractivity contribution < 1.29 is 26.3 Å². The molecule has 0 aromatic heterocycles. The van der Waals surface area contributed by atoms with Crippen LogP contribution in [0.15, 0.2) is 18.2 Å². The van der Waals surface area contributed by atoms with Crippen molar-refractivity contribution in [2.75, 3.05) is 0 Å². The van der Waals surface area contributed by atoms with Gasteiger partial charge < -0.3 is 0 Å². The van der Waals surface area contributed by atoms with Gasteiger partial charge in [-0.3, -0.25) is 0 Å². The van der Waals surface area contributed by atoms with Crippen molar-refractivity contribution in [3.05, 3.63) is 67.6 Å². The van der Waals surface area contributed by atoms with Crippen LogP contribution in [-0.4, -0.2) is 0 Å². The van der Waals surface area contributed by atoms with Crippen molar-refractivity contribution in [2.24, 2.45) is 0 Å². The summed E-state index contributed by atoms with van der Waals surface area (Å²) < 4.78 is 82.9. The minimum atomic E-state index is -5.50. The van der Waals surface area contributed by atoms with Gasteiger partial charge in [0.2, 0.25) is 0 Å². The van der Waals surface area contributed by atoms with Crippen LogP contribution in [0.2, 0.25) is 0 Å². The molecule has 0 aliphatic heterocycles. The number of rotatable bonds is 1. The molecule has 36 heavy (non-hydrogen) atoms. The standard InChI is InChI=1S/C23H3F6N7/c24-22(25,26)18-3-14(6-32)21(23(27,28)29)17(10-36)20(18)16(9-35)19-12(4-30)1-11(2-13(19)5-31)15(7-33)8-34/h1-3H. The highest BCUT2D eigenvalue weighted by Gasteiger charge is 2.44. The molecule has 0 saturated heterocycles. The Morgan fingerprint density at radius 3 is 1.44 bits per heavy atom. The fourth-order valence-electron chi connectivity index (χ4n) is 3.28. The molecule has 0 fully saturated rings. The molecule has 2 aromatic rings. The molecule has 7 nitrogen and oxygen atoms in total. The molecule has 0 atom stereocenters. The summed E-state index contributed by atoms with van der Waals surface area (Å²) in [6.07, 6.45) is -11.0. The van der Waals surface area contributed by atoms with Gasteiger partial charge in [-0.1, -0.05) is 0 Å². The summed E-state index contributed by atoms with van der Waals surface area (Å²) in [5, 5.41) is 64.2. The zero-order chi connectivity index (χ0) is 27.4. The number of alkyl halides is 6. The smallest absolute Gasteiger partial charge is 0.192 e. The molecule has 13 heteroatoms. The highest BCUT2D eigenvalue weighted by atomic mass is 19.4. The van der Waals surface area contributed by atoms with Crippen molar-refractivity contribution in [1.29, 1.82) is 36.8 Å². The molecule has 0 radical (unpaired) electrons. The van der Waals surface area contributed by atoms with Gasteiger partial charge >= 0.3 is 12.4 Å². The van der Waals surface area contributed by atoms with Crippen LogP contribution >= 0.6 is 0 Å².